The number of non-ortho nitro benzene ring substituents is 1. The molecule has 1 rings (SSSR count). The van der Waals surface area contributed by atoms with E-state index in [4.69, 9.17) is 5.26 Å². The van der Waals surface area contributed by atoms with E-state index in [9.17, 15) is 10.1 Å². The van der Waals surface area contributed by atoms with Crippen molar-refractivity contribution >= 4 is 17.4 Å². The zero-order valence-electron chi connectivity index (χ0n) is 9.84. The standard InChI is InChI=1S/C12H14N2O2S/c1-3-9(2)8-17-12-5-4-11(14(15)16)6-10(12)7-13/h4-6,9H,3,8H2,1-2H3. The lowest BCUT2D eigenvalue weighted by Crippen LogP contribution is -1.96. The van der Waals surface area contributed by atoms with E-state index in [1.165, 1.54) is 12.1 Å². The van der Waals surface area contributed by atoms with Gasteiger partial charge >= 0.3 is 0 Å². The highest BCUT2D eigenvalue weighted by atomic mass is 32.2. The van der Waals surface area contributed by atoms with Crippen LogP contribution in [0.4, 0.5) is 5.69 Å². The van der Waals surface area contributed by atoms with Gasteiger partial charge in [0, 0.05) is 22.8 Å². The number of benzene rings is 1. The first kappa shape index (κ1) is 13.5. The van der Waals surface area contributed by atoms with Crippen LogP contribution >= 0.6 is 11.8 Å². The number of nitriles is 1. The average Bonchev–Trinajstić information content (AvgIpc) is 2.35. The van der Waals surface area contributed by atoms with Crippen LogP contribution in [-0.2, 0) is 0 Å². The van der Waals surface area contributed by atoms with Gasteiger partial charge in [-0.25, -0.2) is 0 Å². The van der Waals surface area contributed by atoms with E-state index < -0.39 is 4.92 Å². The van der Waals surface area contributed by atoms with E-state index in [0.29, 0.717) is 11.5 Å². The maximum Gasteiger partial charge on any atom is 0.270 e. The largest absolute Gasteiger partial charge is 0.270 e. The van der Waals surface area contributed by atoms with Crippen molar-refractivity contribution in [1.29, 1.82) is 5.26 Å². The smallest absolute Gasteiger partial charge is 0.258 e. The number of nitro benzene ring substituents is 1. The third-order valence-electron chi connectivity index (χ3n) is 2.51. The number of nitrogens with zero attached hydrogens (tertiary/aromatic N) is 2. The summed E-state index contributed by atoms with van der Waals surface area (Å²) in [6.07, 6.45) is 1.09. The van der Waals surface area contributed by atoms with Crippen LogP contribution in [0.5, 0.6) is 0 Å². The zero-order chi connectivity index (χ0) is 12.8. The predicted octanol–water partition coefficient (Wildman–Crippen LogP) is 3.60. The van der Waals surface area contributed by atoms with Crippen LogP contribution in [0.2, 0.25) is 0 Å². The number of nitro groups is 1. The monoisotopic (exact) mass is 250 g/mol. The first-order chi connectivity index (χ1) is 8.08. The molecule has 0 heterocycles. The Morgan fingerprint density at radius 3 is 2.82 bits per heavy atom. The maximum atomic E-state index is 10.6. The normalized spacial score (nSPS) is 11.8. The van der Waals surface area contributed by atoms with E-state index >= 15 is 0 Å². The molecule has 90 valence electrons. The van der Waals surface area contributed by atoms with Crippen molar-refractivity contribution in [1.82, 2.24) is 0 Å². The summed E-state index contributed by atoms with van der Waals surface area (Å²) in [4.78, 5) is 10.9. The van der Waals surface area contributed by atoms with Gasteiger partial charge in [0.05, 0.1) is 10.5 Å². The van der Waals surface area contributed by atoms with Gasteiger partial charge < -0.3 is 0 Å². The van der Waals surface area contributed by atoms with Gasteiger partial charge in [0.25, 0.3) is 5.69 Å². The molecule has 0 aliphatic heterocycles. The van der Waals surface area contributed by atoms with Gasteiger partial charge in [-0.05, 0) is 12.0 Å². The number of hydrogen-bond acceptors (Lipinski definition) is 4. The molecule has 4 nitrogen and oxygen atoms in total. The fourth-order valence-corrected chi connectivity index (χ4v) is 2.32. The van der Waals surface area contributed by atoms with Crippen LogP contribution in [0.15, 0.2) is 23.1 Å². The summed E-state index contributed by atoms with van der Waals surface area (Å²) in [5.41, 5.74) is 0.349. The third-order valence-corrected chi connectivity index (χ3v) is 3.92. The Morgan fingerprint density at radius 2 is 2.29 bits per heavy atom. The highest BCUT2D eigenvalue weighted by Crippen LogP contribution is 2.28. The summed E-state index contributed by atoms with van der Waals surface area (Å²) in [6.45, 7) is 4.26. The highest BCUT2D eigenvalue weighted by molar-refractivity contribution is 7.99. The molecule has 0 saturated carbocycles. The maximum absolute atomic E-state index is 10.6. The lowest BCUT2D eigenvalue weighted by molar-refractivity contribution is -0.384. The van der Waals surface area contributed by atoms with Crippen LogP contribution in [0.1, 0.15) is 25.8 Å². The van der Waals surface area contributed by atoms with Gasteiger partial charge in [-0.2, -0.15) is 5.26 Å². The minimum absolute atomic E-state index is 0.0329. The fraction of sp³-hybridized carbons (Fsp3) is 0.417. The molecule has 0 fully saturated rings. The minimum Gasteiger partial charge on any atom is -0.258 e. The van der Waals surface area contributed by atoms with Crippen LogP contribution in [0.3, 0.4) is 0 Å². The van der Waals surface area contributed by atoms with Gasteiger partial charge in [-0.15, -0.1) is 11.8 Å². The third kappa shape index (κ3) is 3.75. The van der Waals surface area contributed by atoms with Crippen molar-refractivity contribution in [2.75, 3.05) is 5.75 Å². The Hall–Kier alpha value is -1.54. The highest BCUT2D eigenvalue weighted by Gasteiger charge is 2.11. The summed E-state index contributed by atoms with van der Waals surface area (Å²) < 4.78 is 0. The van der Waals surface area contributed by atoms with Crippen LogP contribution in [0, 0.1) is 27.4 Å². The summed E-state index contributed by atoms with van der Waals surface area (Å²) >= 11 is 1.58. The molecule has 0 N–H and O–H groups in total. The van der Waals surface area contributed by atoms with E-state index in [1.54, 1.807) is 17.8 Å². The number of hydrogen-bond donors (Lipinski definition) is 0. The Balaban J connectivity index is 2.87. The first-order valence-electron chi connectivity index (χ1n) is 5.39. The SMILES string of the molecule is CCC(C)CSc1ccc([N+](=O)[O-])cc1C#N. The molecule has 1 unspecified atom stereocenters. The summed E-state index contributed by atoms with van der Waals surface area (Å²) in [6, 6.07) is 6.44. The molecule has 1 atom stereocenters. The quantitative estimate of drug-likeness (QED) is 0.455. The Bertz CT molecular complexity index is 454. The lowest BCUT2D eigenvalue weighted by atomic mass is 10.2. The summed E-state index contributed by atoms with van der Waals surface area (Å²) in [5.74, 6) is 1.49. The second-order valence-corrected chi connectivity index (χ2v) is 4.94. The summed E-state index contributed by atoms with van der Waals surface area (Å²) in [7, 11) is 0. The molecule has 0 aromatic heterocycles. The topological polar surface area (TPSA) is 66.9 Å². The van der Waals surface area contributed by atoms with E-state index in [-0.39, 0.29) is 5.69 Å². The lowest BCUT2D eigenvalue weighted by Gasteiger charge is -2.08. The molecular weight excluding hydrogens is 236 g/mol. The Kier molecular flexibility index (Phi) is 4.98. The van der Waals surface area contributed by atoms with Crippen molar-refractivity contribution in [2.24, 2.45) is 5.92 Å². The second kappa shape index (κ2) is 6.26. The molecule has 0 spiro atoms. The number of thioether (sulfide) groups is 1. The van der Waals surface area contributed by atoms with Crippen LogP contribution in [0.25, 0.3) is 0 Å². The molecule has 0 aliphatic carbocycles. The van der Waals surface area contributed by atoms with E-state index in [1.807, 2.05) is 6.07 Å². The fourth-order valence-electron chi connectivity index (χ4n) is 1.19. The van der Waals surface area contributed by atoms with Crippen molar-refractivity contribution < 1.29 is 4.92 Å². The second-order valence-electron chi connectivity index (χ2n) is 3.87. The Morgan fingerprint density at radius 1 is 1.59 bits per heavy atom. The van der Waals surface area contributed by atoms with Crippen molar-refractivity contribution in [3.8, 4) is 6.07 Å². The van der Waals surface area contributed by atoms with E-state index in [2.05, 4.69) is 13.8 Å². The molecule has 0 saturated heterocycles. The molecule has 17 heavy (non-hydrogen) atoms. The van der Waals surface area contributed by atoms with Crippen molar-refractivity contribution in [3.63, 3.8) is 0 Å². The van der Waals surface area contributed by atoms with Gasteiger partial charge in [-0.3, -0.25) is 10.1 Å². The molecule has 1 aromatic rings. The first-order valence-corrected chi connectivity index (χ1v) is 6.38. The van der Waals surface area contributed by atoms with Crippen LogP contribution in [-0.4, -0.2) is 10.7 Å². The molecule has 0 aliphatic rings. The van der Waals surface area contributed by atoms with Gasteiger partial charge in [0.1, 0.15) is 6.07 Å². The predicted molar refractivity (Wildman–Crippen MR) is 68.0 cm³/mol. The molecular formula is C12H14N2O2S. The van der Waals surface area contributed by atoms with Crippen LogP contribution < -0.4 is 0 Å². The minimum atomic E-state index is -0.482. The molecule has 0 bridgehead atoms. The summed E-state index contributed by atoms with van der Waals surface area (Å²) in [5, 5.41) is 19.5. The van der Waals surface area contributed by atoms with Gasteiger partial charge in [-0.1, -0.05) is 20.3 Å². The molecule has 0 radical (unpaired) electrons. The number of rotatable bonds is 5. The van der Waals surface area contributed by atoms with E-state index in [0.717, 1.165) is 17.1 Å². The Labute approximate surface area is 105 Å². The molecule has 0 amide bonds. The van der Waals surface area contributed by atoms with Gasteiger partial charge in [0.2, 0.25) is 0 Å². The average molecular weight is 250 g/mol. The van der Waals surface area contributed by atoms with Crippen molar-refractivity contribution in [2.45, 2.75) is 25.2 Å². The zero-order valence-corrected chi connectivity index (χ0v) is 10.7. The molecule has 5 heteroatoms. The molecule has 1 aromatic carbocycles. The van der Waals surface area contributed by atoms with Crippen molar-refractivity contribution in [3.05, 3.63) is 33.9 Å². The van der Waals surface area contributed by atoms with Gasteiger partial charge in [0.15, 0.2) is 0 Å².